The maximum Gasteiger partial charge on any atom is 0.324 e. The van der Waals surface area contributed by atoms with Crippen molar-refractivity contribution < 1.29 is 147 Å². The molecule has 0 bridgehead atoms. The number of hydrogen-bond donors (Lipinski definition) is 1. The molecule has 1 aromatic rings. The van der Waals surface area contributed by atoms with Crippen LogP contribution in [0.3, 0.4) is 0 Å². The summed E-state index contributed by atoms with van der Waals surface area (Å²) in [5, 5.41) is 8.59. The van der Waals surface area contributed by atoms with Gasteiger partial charge in [0.2, 0.25) is 0 Å². The largest absolute Gasteiger partial charge is 0.463 e. The molecule has 16 unspecified atom stereocenters. The molecule has 3 saturated heterocycles. The lowest BCUT2D eigenvalue weighted by Crippen LogP contribution is -2.48. The molecule has 4 rings (SSSR count). The second kappa shape index (κ2) is 67.3. The Balaban J connectivity index is 1.24. The normalized spacial score (nSPS) is 23.9. The van der Waals surface area contributed by atoms with Gasteiger partial charge < -0.3 is 113 Å². The number of carbonyl (C=O) groups excluding carboxylic acids is 7. The quantitative estimate of drug-likeness (QED) is 0.0274. The number of aromatic nitrogens is 3. The summed E-state index contributed by atoms with van der Waals surface area (Å²) in [6.07, 6.45) is 6.98. The standard InChI is InChI=1S/C87H154N3O31PS/c1-64-67(4)81(58-115-73(10)91)119-84(70(64)7)112-53-50-106-47-44-103-41-38-100-31-19-24-77(94)27-35-109-61-87(56-80(97)23-15-14-17-30-90-57-76(88-89-90)22-16-18-34-118-122(98,123)99-13,62-110-36-28-78(95)25-20-32-101-39-42-104-45-48-107-51-54-113-85-71(8)65(2)68(5)82(120-85)59-116-74(11)92)63-111-37-29-79(96)26-21-33-102-40-43-105-46-49-108-52-55-114-86-72(9)66(3)69(6)83(121-86)60-117-75(12)93/h57,64-72,81-86H,14-56,58-63H2,1-13H3,(H,98,123). The first-order valence-electron chi connectivity index (χ1n) is 44.8. The highest BCUT2D eigenvalue weighted by Gasteiger charge is 2.43. The van der Waals surface area contributed by atoms with Crippen molar-refractivity contribution in [3.8, 4) is 0 Å². The van der Waals surface area contributed by atoms with Gasteiger partial charge in [-0.05, 0) is 98.7 Å². The molecule has 1 N–H and O–H groups in total. The molecule has 34 nitrogen and oxygen atoms in total. The van der Waals surface area contributed by atoms with Crippen molar-refractivity contribution in [3.05, 3.63) is 11.9 Å². The first-order valence-corrected chi connectivity index (χ1v) is 47.4. The van der Waals surface area contributed by atoms with Gasteiger partial charge in [0.05, 0.1) is 189 Å². The van der Waals surface area contributed by atoms with Crippen LogP contribution in [0, 0.1) is 58.7 Å². The maximum absolute atomic E-state index is 14.2. The number of aryl methyl sites for hydroxylation is 2. The molecular formula is C87H154N3O31PS. The van der Waals surface area contributed by atoms with Crippen LogP contribution >= 0.6 is 6.72 Å². The summed E-state index contributed by atoms with van der Waals surface area (Å²) < 4.78 is 134. The summed E-state index contributed by atoms with van der Waals surface area (Å²) in [7, 11) is 1.32. The summed E-state index contributed by atoms with van der Waals surface area (Å²) in [5.74, 6) is 0.866. The molecule has 36 heteroatoms. The van der Waals surface area contributed by atoms with E-state index in [9.17, 15) is 38.5 Å². The Kier molecular flexibility index (Phi) is 60.9. The molecule has 0 aromatic carbocycles. The molecule has 714 valence electrons. The Hall–Kier alpha value is -3.96. The van der Waals surface area contributed by atoms with Gasteiger partial charge in [-0.1, -0.05) is 73.9 Å². The molecule has 123 heavy (non-hydrogen) atoms. The highest BCUT2D eigenvalue weighted by Crippen LogP contribution is 2.43. The molecule has 3 aliphatic rings. The van der Waals surface area contributed by atoms with Crippen LogP contribution in [0.15, 0.2) is 6.20 Å². The summed E-state index contributed by atoms with van der Waals surface area (Å²) in [6, 6.07) is 0. The van der Waals surface area contributed by atoms with Crippen LogP contribution in [-0.4, -0.2) is 310 Å². The third-order valence-corrected chi connectivity index (χ3v) is 24.6. The number of nitrogens with zero attached hydrogens (tertiary/aromatic N) is 3. The lowest BCUT2D eigenvalue weighted by atomic mass is 9.79. The molecule has 4 heterocycles. The van der Waals surface area contributed by atoms with E-state index in [-0.39, 0.29) is 212 Å². The first-order chi connectivity index (χ1) is 59.1. The molecule has 0 aliphatic carbocycles. The van der Waals surface area contributed by atoms with E-state index in [0.717, 1.165) is 25.0 Å². The van der Waals surface area contributed by atoms with Gasteiger partial charge in [-0.25, -0.2) is 0 Å². The van der Waals surface area contributed by atoms with E-state index >= 15 is 0 Å². The van der Waals surface area contributed by atoms with E-state index < -0.39 is 31.0 Å². The minimum Gasteiger partial charge on any atom is -0.463 e. The number of carbonyl (C=O) groups is 7. The Morgan fingerprint density at radius 3 is 1.04 bits per heavy atom. The van der Waals surface area contributed by atoms with Gasteiger partial charge in [0.25, 0.3) is 0 Å². The third-order valence-electron chi connectivity index (χ3n) is 22.9. The average Bonchev–Trinajstić information content (AvgIpc) is 1.62. The predicted octanol–water partition coefficient (Wildman–Crippen LogP) is 10.0. The summed E-state index contributed by atoms with van der Waals surface area (Å²) in [4.78, 5) is 98.1. The Morgan fingerprint density at radius 1 is 0.382 bits per heavy atom. The summed E-state index contributed by atoms with van der Waals surface area (Å²) in [6.45, 7) is 29.0. The Labute approximate surface area is 736 Å². The van der Waals surface area contributed by atoms with Gasteiger partial charge in [-0.15, -0.1) is 5.10 Å². The van der Waals surface area contributed by atoms with E-state index in [1.165, 1.54) is 27.9 Å². The second-order valence-corrected chi connectivity index (χ2v) is 35.6. The molecule has 0 amide bonds. The molecule has 1 aromatic heterocycles. The van der Waals surface area contributed by atoms with E-state index in [1.807, 2.05) is 6.20 Å². The number of unbranched alkanes of at least 4 members (excludes halogenated alkanes) is 3. The van der Waals surface area contributed by atoms with Crippen LogP contribution in [0.25, 0.3) is 0 Å². The van der Waals surface area contributed by atoms with E-state index in [4.69, 9.17) is 120 Å². The van der Waals surface area contributed by atoms with E-state index in [0.29, 0.717) is 202 Å². The lowest BCUT2D eigenvalue weighted by Gasteiger charge is -2.43. The molecule has 3 aliphatic heterocycles. The molecule has 0 saturated carbocycles. The van der Waals surface area contributed by atoms with Gasteiger partial charge >= 0.3 is 24.6 Å². The minimum atomic E-state index is -3.20. The number of ether oxygens (including phenoxy) is 21. The van der Waals surface area contributed by atoms with Gasteiger partial charge in [-0.2, -0.15) is 0 Å². The monoisotopic (exact) mass is 1800 g/mol. The molecule has 3 fully saturated rings. The third kappa shape index (κ3) is 50.7. The Morgan fingerprint density at radius 2 is 0.707 bits per heavy atom. The van der Waals surface area contributed by atoms with Crippen LogP contribution in [0.4, 0.5) is 0 Å². The van der Waals surface area contributed by atoms with Crippen LogP contribution < -0.4 is 0 Å². The van der Waals surface area contributed by atoms with Crippen molar-refractivity contribution >= 4 is 59.6 Å². The Bertz CT molecular complexity index is 2810. The molecular weight excluding hydrogens is 1650 g/mol. The first kappa shape index (κ1) is 111. The van der Waals surface area contributed by atoms with Gasteiger partial charge in [0.15, 0.2) is 18.9 Å². The topological polar surface area (TPSA) is 383 Å². The minimum absolute atomic E-state index is 0.00349. The lowest BCUT2D eigenvalue weighted by molar-refractivity contribution is -0.258. The smallest absolute Gasteiger partial charge is 0.324 e. The van der Waals surface area contributed by atoms with Gasteiger partial charge in [0.1, 0.15) is 43.0 Å². The van der Waals surface area contributed by atoms with Crippen LogP contribution in [-0.2, 0) is 167 Å². The fourth-order valence-electron chi connectivity index (χ4n) is 14.2. The van der Waals surface area contributed by atoms with Crippen molar-refractivity contribution in [1.29, 1.82) is 0 Å². The fraction of sp³-hybridized carbons (Fsp3) is 0.897. The van der Waals surface area contributed by atoms with E-state index in [1.54, 1.807) is 4.68 Å². The highest BCUT2D eigenvalue weighted by atomic mass is 32.5. The van der Waals surface area contributed by atoms with Crippen LogP contribution in [0.1, 0.15) is 192 Å². The number of ketones is 4. The zero-order valence-electron chi connectivity index (χ0n) is 76.3. The number of hydrogen-bond acceptors (Lipinski definition) is 33. The van der Waals surface area contributed by atoms with Crippen LogP contribution in [0.2, 0.25) is 0 Å². The zero-order chi connectivity index (χ0) is 89.9. The van der Waals surface area contributed by atoms with Crippen molar-refractivity contribution in [2.24, 2.45) is 58.7 Å². The number of Topliss-reactive ketones (excluding diaryl/α,β-unsaturated/α-hetero) is 4. The SMILES string of the molecule is COP(O)(=S)OCCCCc1cn(CCCCCC(=O)CC(COCCC(=O)CCCOCCOCCOCCOC2OC(COC(C)=O)C(C)C(C)C2C)(COCCC(=O)CCCOCCOCCOCCOC2OC(COC(C)=O)C(C)C(C)C2C)COCCC(=O)CCCOCCOCCOCCOC2OC(COC(C)=O)C(C)C(C)C2C)nn1. The average molecular weight is 1800 g/mol. The number of rotatable bonds is 78. The molecule has 0 spiro atoms. The van der Waals surface area contributed by atoms with Crippen molar-refractivity contribution in [2.45, 2.75) is 236 Å². The second-order valence-electron chi connectivity index (χ2n) is 32.7. The fourth-order valence-corrected chi connectivity index (χ4v) is 14.9. The highest BCUT2D eigenvalue weighted by molar-refractivity contribution is 8.07. The molecule has 16 atom stereocenters. The van der Waals surface area contributed by atoms with Crippen LogP contribution in [0.5, 0.6) is 0 Å². The number of esters is 3. The van der Waals surface area contributed by atoms with Crippen molar-refractivity contribution in [1.82, 2.24) is 15.0 Å². The van der Waals surface area contributed by atoms with Crippen molar-refractivity contribution in [3.63, 3.8) is 0 Å². The van der Waals surface area contributed by atoms with Gasteiger partial charge in [-0.3, -0.25) is 38.2 Å². The summed E-state index contributed by atoms with van der Waals surface area (Å²) >= 11 is 4.90. The molecule has 0 radical (unpaired) electrons. The van der Waals surface area contributed by atoms with E-state index in [2.05, 4.69) is 72.6 Å². The maximum atomic E-state index is 14.2. The predicted molar refractivity (Wildman–Crippen MR) is 456 cm³/mol. The summed E-state index contributed by atoms with van der Waals surface area (Å²) in [5.41, 5.74) is -0.217. The zero-order valence-corrected chi connectivity index (χ0v) is 78.0. The van der Waals surface area contributed by atoms with Crippen molar-refractivity contribution in [2.75, 3.05) is 212 Å². The van der Waals surface area contributed by atoms with Gasteiger partial charge in [0, 0.05) is 135 Å².